The van der Waals surface area contributed by atoms with Gasteiger partial charge in [-0.15, -0.1) is 0 Å². The molecule has 1 saturated carbocycles. The highest BCUT2D eigenvalue weighted by atomic mass is 16.5. The molecule has 5 nitrogen and oxygen atoms in total. The van der Waals surface area contributed by atoms with Gasteiger partial charge in [-0.3, -0.25) is 0 Å². The molecular weight excluding hydrogens is 254 g/mol. The van der Waals surface area contributed by atoms with Crippen LogP contribution in [-0.2, 0) is 4.74 Å². The molecular formula is C15H27N3O2. The SMILES string of the molecule is CCC(C)C(N)c1nc(C(OC)C2CCCCC2)no1. The van der Waals surface area contributed by atoms with Gasteiger partial charge in [0, 0.05) is 7.11 Å². The lowest BCUT2D eigenvalue weighted by molar-refractivity contribution is 0.0273. The Balaban J connectivity index is 2.09. The quantitative estimate of drug-likeness (QED) is 0.865. The maximum Gasteiger partial charge on any atom is 0.243 e. The van der Waals surface area contributed by atoms with Crippen LogP contribution in [-0.4, -0.2) is 17.3 Å². The molecule has 114 valence electrons. The summed E-state index contributed by atoms with van der Waals surface area (Å²) in [7, 11) is 1.73. The van der Waals surface area contributed by atoms with Crippen LogP contribution in [0.25, 0.3) is 0 Å². The van der Waals surface area contributed by atoms with Gasteiger partial charge in [0.25, 0.3) is 0 Å². The highest BCUT2D eigenvalue weighted by Gasteiger charge is 2.30. The standard InChI is InChI=1S/C15H27N3O2/c1-4-10(2)12(16)15-17-14(18-20-15)13(19-3)11-8-6-5-7-9-11/h10-13H,4-9,16H2,1-3H3. The van der Waals surface area contributed by atoms with Crippen molar-refractivity contribution in [3.63, 3.8) is 0 Å². The molecule has 1 fully saturated rings. The number of nitrogens with zero attached hydrogens (tertiary/aromatic N) is 2. The Morgan fingerprint density at radius 1 is 1.35 bits per heavy atom. The van der Waals surface area contributed by atoms with Crippen molar-refractivity contribution in [2.45, 2.75) is 64.5 Å². The van der Waals surface area contributed by atoms with Crippen molar-refractivity contribution in [3.05, 3.63) is 11.7 Å². The molecule has 0 aliphatic heterocycles. The van der Waals surface area contributed by atoms with Crippen LogP contribution >= 0.6 is 0 Å². The van der Waals surface area contributed by atoms with Crippen molar-refractivity contribution in [2.24, 2.45) is 17.6 Å². The average molecular weight is 281 g/mol. The van der Waals surface area contributed by atoms with Crippen molar-refractivity contribution in [1.29, 1.82) is 0 Å². The fourth-order valence-corrected chi connectivity index (χ4v) is 2.94. The zero-order valence-corrected chi connectivity index (χ0v) is 12.8. The summed E-state index contributed by atoms with van der Waals surface area (Å²) in [5, 5.41) is 4.11. The minimum Gasteiger partial charge on any atom is -0.373 e. The second kappa shape index (κ2) is 7.18. The molecule has 2 N–H and O–H groups in total. The van der Waals surface area contributed by atoms with E-state index in [1.807, 2.05) is 0 Å². The Kier molecular flexibility index (Phi) is 5.54. The van der Waals surface area contributed by atoms with E-state index in [0.29, 0.717) is 23.6 Å². The fraction of sp³-hybridized carbons (Fsp3) is 0.867. The van der Waals surface area contributed by atoms with Crippen molar-refractivity contribution in [3.8, 4) is 0 Å². The predicted molar refractivity (Wildman–Crippen MR) is 77.0 cm³/mol. The largest absolute Gasteiger partial charge is 0.373 e. The van der Waals surface area contributed by atoms with Crippen LogP contribution in [0.3, 0.4) is 0 Å². The van der Waals surface area contributed by atoms with E-state index in [9.17, 15) is 0 Å². The Hall–Kier alpha value is -0.940. The van der Waals surface area contributed by atoms with E-state index in [0.717, 1.165) is 6.42 Å². The van der Waals surface area contributed by atoms with Crippen LogP contribution < -0.4 is 5.73 Å². The maximum absolute atomic E-state index is 6.15. The number of aromatic nitrogens is 2. The summed E-state index contributed by atoms with van der Waals surface area (Å²) in [5.41, 5.74) is 6.15. The van der Waals surface area contributed by atoms with Crippen LogP contribution in [0.4, 0.5) is 0 Å². The lowest BCUT2D eigenvalue weighted by atomic mass is 9.85. The molecule has 3 atom stereocenters. The van der Waals surface area contributed by atoms with Gasteiger partial charge in [0.15, 0.2) is 0 Å². The van der Waals surface area contributed by atoms with Gasteiger partial charge in [-0.05, 0) is 24.7 Å². The molecule has 0 radical (unpaired) electrons. The summed E-state index contributed by atoms with van der Waals surface area (Å²) >= 11 is 0. The number of nitrogens with two attached hydrogens (primary N) is 1. The molecule has 1 aliphatic carbocycles. The molecule has 1 aliphatic rings. The minimum absolute atomic E-state index is 0.0584. The summed E-state index contributed by atoms with van der Waals surface area (Å²) in [4.78, 5) is 4.50. The van der Waals surface area contributed by atoms with Gasteiger partial charge in [0.05, 0.1) is 6.04 Å². The number of hydrogen-bond acceptors (Lipinski definition) is 5. The Labute approximate surface area is 121 Å². The molecule has 0 saturated heterocycles. The lowest BCUT2D eigenvalue weighted by Crippen LogP contribution is -2.21. The van der Waals surface area contributed by atoms with Crippen LogP contribution in [0.2, 0.25) is 0 Å². The highest BCUT2D eigenvalue weighted by Crippen LogP contribution is 2.35. The fourth-order valence-electron chi connectivity index (χ4n) is 2.94. The van der Waals surface area contributed by atoms with E-state index in [4.69, 9.17) is 15.0 Å². The smallest absolute Gasteiger partial charge is 0.243 e. The first kappa shape index (κ1) is 15.4. The van der Waals surface area contributed by atoms with E-state index in [1.54, 1.807) is 7.11 Å². The maximum atomic E-state index is 6.15. The molecule has 0 spiro atoms. The van der Waals surface area contributed by atoms with Crippen molar-refractivity contribution >= 4 is 0 Å². The van der Waals surface area contributed by atoms with E-state index in [2.05, 4.69) is 24.0 Å². The molecule has 20 heavy (non-hydrogen) atoms. The first-order chi connectivity index (χ1) is 9.67. The van der Waals surface area contributed by atoms with Gasteiger partial charge >= 0.3 is 0 Å². The van der Waals surface area contributed by atoms with Crippen LogP contribution in [0.1, 0.15) is 76.2 Å². The van der Waals surface area contributed by atoms with Crippen molar-refractivity contribution in [1.82, 2.24) is 10.1 Å². The third-order valence-corrected chi connectivity index (χ3v) is 4.59. The number of methoxy groups -OCH3 is 1. The van der Waals surface area contributed by atoms with Crippen LogP contribution in [0.15, 0.2) is 4.52 Å². The Morgan fingerprint density at radius 2 is 2.05 bits per heavy atom. The topological polar surface area (TPSA) is 74.2 Å². The first-order valence-corrected chi connectivity index (χ1v) is 7.79. The average Bonchev–Trinajstić information content (AvgIpc) is 2.97. The second-order valence-corrected chi connectivity index (χ2v) is 5.96. The minimum atomic E-state index is -0.190. The first-order valence-electron chi connectivity index (χ1n) is 7.79. The van der Waals surface area contributed by atoms with Gasteiger partial charge in [0.2, 0.25) is 11.7 Å². The molecule has 2 rings (SSSR count). The van der Waals surface area contributed by atoms with Gasteiger partial charge in [-0.1, -0.05) is 44.7 Å². The number of hydrogen-bond donors (Lipinski definition) is 1. The van der Waals surface area contributed by atoms with E-state index in [1.165, 1.54) is 32.1 Å². The van der Waals surface area contributed by atoms with Gasteiger partial charge < -0.3 is 15.0 Å². The van der Waals surface area contributed by atoms with E-state index < -0.39 is 0 Å². The summed E-state index contributed by atoms with van der Waals surface area (Å²) in [6.45, 7) is 4.21. The number of ether oxygens (including phenoxy) is 1. The van der Waals surface area contributed by atoms with Gasteiger partial charge in [0.1, 0.15) is 6.10 Å². The molecule has 1 aromatic heterocycles. The van der Waals surface area contributed by atoms with Crippen molar-refractivity contribution < 1.29 is 9.26 Å². The zero-order valence-electron chi connectivity index (χ0n) is 12.8. The van der Waals surface area contributed by atoms with Crippen LogP contribution in [0.5, 0.6) is 0 Å². The molecule has 1 heterocycles. The Bertz CT molecular complexity index is 402. The third kappa shape index (κ3) is 3.38. The molecule has 3 unspecified atom stereocenters. The lowest BCUT2D eigenvalue weighted by Gasteiger charge is -2.26. The zero-order chi connectivity index (χ0) is 14.5. The van der Waals surface area contributed by atoms with Gasteiger partial charge in [-0.2, -0.15) is 4.98 Å². The van der Waals surface area contributed by atoms with Gasteiger partial charge in [-0.25, -0.2) is 0 Å². The second-order valence-electron chi connectivity index (χ2n) is 5.96. The molecule has 0 bridgehead atoms. The molecule has 5 heteroatoms. The summed E-state index contributed by atoms with van der Waals surface area (Å²) in [6, 6.07) is -0.190. The molecule has 0 aromatic carbocycles. The van der Waals surface area contributed by atoms with Crippen molar-refractivity contribution in [2.75, 3.05) is 7.11 Å². The number of rotatable bonds is 6. The van der Waals surface area contributed by atoms with E-state index in [-0.39, 0.29) is 12.1 Å². The normalized spacial score (nSPS) is 21.6. The van der Waals surface area contributed by atoms with Crippen LogP contribution in [0, 0.1) is 11.8 Å². The summed E-state index contributed by atoms with van der Waals surface area (Å²) < 4.78 is 11.0. The Morgan fingerprint density at radius 3 is 2.65 bits per heavy atom. The molecule has 1 aromatic rings. The predicted octanol–water partition coefficient (Wildman–Crippen LogP) is 3.38. The molecule has 0 amide bonds. The summed E-state index contributed by atoms with van der Waals surface area (Å²) in [5.74, 6) is 2.03. The van der Waals surface area contributed by atoms with E-state index >= 15 is 0 Å². The highest BCUT2D eigenvalue weighted by molar-refractivity contribution is 4.98. The monoisotopic (exact) mass is 281 g/mol. The third-order valence-electron chi connectivity index (χ3n) is 4.59. The summed E-state index contributed by atoms with van der Waals surface area (Å²) in [6.07, 6.45) is 7.15.